The molecule has 1 saturated heterocycles. The third-order valence-electron chi connectivity index (χ3n) is 3.54. The molecule has 17 heavy (non-hydrogen) atoms. The number of likely N-dealkylation sites (N-methyl/N-ethyl adjacent to an activating group) is 1. The monoisotopic (exact) mass is 233 g/mol. The Hall–Kier alpha value is -0.860. The molecular weight excluding hydrogens is 210 g/mol. The zero-order valence-electron chi connectivity index (χ0n) is 10.9. The summed E-state index contributed by atoms with van der Waals surface area (Å²) in [5.74, 6) is 0.676. The highest BCUT2D eigenvalue weighted by molar-refractivity contribution is 5.23. The van der Waals surface area contributed by atoms with Crippen LogP contribution in [-0.2, 0) is 11.2 Å². The molecule has 2 unspecified atom stereocenters. The third-order valence-corrected chi connectivity index (χ3v) is 3.54. The maximum Gasteiger partial charge on any atom is 0.0510 e. The van der Waals surface area contributed by atoms with E-state index in [1.54, 1.807) is 0 Å². The van der Waals surface area contributed by atoms with Crippen LogP contribution in [0.15, 0.2) is 24.3 Å². The quantitative estimate of drug-likeness (QED) is 0.844. The Labute approximate surface area is 104 Å². The lowest BCUT2D eigenvalue weighted by Gasteiger charge is -2.23. The van der Waals surface area contributed by atoms with Crippen LogP contribution in [0.5, 0.6) is 0 Å². The highest BCUT2D eigenvalue weighted by atomic mass is 16.5. The molecule has 1 heterocycles. The maximum atomic E-state index is 5.51. The van der Waals surface area contributed by atoms with Gasteiger partial charge in [-0.25, -0.2) is 0 Å². The van der Waals surface area contributed by atoms with E-state index in [1.807, 2.05) is 0 Å². The Bertz CT molecular complexity index is 345. The average Bonchev–Trinajstić information content (AvgIpc) is 2.82. The Balaban J connectivity index is 2.01. The van der Waals surface area contributed by atoms with Crippen LogP contribution in [0, 0.1) is 12.8 Å². The fraction of sp³-hybridized carbons (Fsp3) is 0.600. The third kappa shape index (κ3) is 3.55. The van der Waals surface area contributed by atoms with Gasteiger partial charge in [-0.05, 0) is 31.9 Å². The van der Waals surface area contributed by atoms with Crippen LogP contribution in [0.2, 0.25) is 0 Å². The molecule has 0 aliphatic carbocycles. The van der Waals surface area contributed by atoms with Gasteiger partial charge in [0.1, 0.15) is 0 Å². The van der Waals surface area contributed by atoms with E-state index >= 15 is 0 Å². The number of nitrogens with one attached hydrogen (secondary N) is 1. The van der Waals surface area contributed by atoms with Crippen molar-refractivity contribution in [1.82, 2.24) is 5.32 Å². The van der Waals surface area contributed by atoms with Crippen molar-refractivity contribution in [2.24, 2.45) is 5.92 Å². The van der Waals surface area contributed by atoms with E-state index in [0.29, 0.717) is 12.0 Å². The molecule has 0 aromatic heterocycles. The SMILES string of the molecule is CCNC(Cc1cccc(C)c1)C1CCOC1. The predicted octanol–water partition coefficient (Wildman–Crippen LogP) is 2.55. The van der Waals surface area contributed by atoms with Gasteiger partial charge in [-0.1, -0.05) is 36.8 Å². The summed E-state index contributed by atoms with van der Waals surface area (Å²) in [6.45, 7) is 7.22. The second-order valence-electron chi connectivity index (χ2n) is 4.98. The van der Waals surface area contributed by atoms with Crippen molar-refractivity contribution in [1.29, 1.82) is 0 Å². The lowest BCUT2D eigenvalue weighted by molar-refractivity contribution is 0.176. The molecular formula is C15H23NO. The van der Waals surface area contributed by atoms with Gasteiger partial charge in [-0.2, -0.15) is 0 Å². The van der Waals surface area contributed by atoms with Gasteiger partial charge in [0.05, 0.1) is 6.61 Å². The van der Waals surface area contributed by atoms with Crippen LogP contribution >= 0.6 is 0 Å². The van der Waals surface area contributed by atoms with Gasteiger partial charge in [-0.3, -0.25) is 0 Å². The van der Waals surface area contributed by atoms with Crippen LogP contribution in [0.3, 0.4) is 0 Å². The molecule has 0 saturated carbocycles. The number of rotatable bonds is 5. The fourth-order valence-electron chi connectivity index (χ4n) is 2.63. The number of aryl methyl sites for hydroxylation is 1. The zero-order chi connectivity index (χ0) is 12.1. The van der Waals surface area contributed by atoms with E-state index in [-0.39, 0.29) is 0 Å². The summed E-state index contributed by atoms with van der Waals surface area (Å²) in [4.78, 5) is 0. The average molecular weight is 233 g/mol. The second-order valence-corrected chi connectivity index (χ2v) is 4.98. The molecule has 1 N–H and O–H groups in total. The lowest BCUT2D eigenvalue weighted by Crippen LogP contribution is -2.38. The molecule has 94 valence electrons. The van der Waals surface area contributed by atoms with Gasteiger partial charge < -0.3 is 10.1 Å². The van der Waals surface area contributed by atoms with Crippen molar-refractivity contribution in [3.63, 3.8) is 0 Å². The highest BCUT2D eigenvalue weighted by Crippen LogP contribution is 2.20. The number of benzene rings is 1. The minimum absolute atomic E-state index is 0.560. The van der Waals surface area contributed by atoms with Crippen molar-refractivity contribution in [2.75, 3.05) is 19.8 Å². The van der Waals surface area contributed by atoms with Crippen LogP contribution in [0.25, 0.3) is 0 Å². The molecule has 2 atom stereocenters. The first kappa shape index (κ1) is 12.6. The highest BCUT2D eigenvalue weighted by Gasteiger charge is 2.25. The summed E-state index contributed by atoms with van der Waals surface area (Å²) >= 11 is 0. The molecule has 1 aromatic carbocycles. The van der Waals surface area contributed by atoms with Gasteiger partial charge >= 0.3 is 0 Å². The molecule has 1 aliphatic heterocycles. The van der Waals surface area contributed by atoms with Crippen molar-refractivity contribution in [3.05, 3.63) is 35.4 Å². The molecule has 2 rings (SSSR count). The van der Waals surface area contributed by atoms with E-state index in [1.165, 1.54) is 17.5 Å². The van der Waals surface area contributed by atoms with E-state index in [0.717, 1.165) is 26.2 Å². The van der Waals surface area contributed by atoms with Crippen LogP contribution < -0.4 is 5.32 Å². The van der Waals surface area contributed by atoms with E-state index in [9.17, 15) is 0 Å². The van der Waals surface area contributed by atoms with Gasteiger partial charge in [0.2, 0.25) is 0 Å². The molecule has 1 fully saturated rings. The van der Waals surface area contributed by atoms with Gasteiger partial charge in [-0.15, -0.1) is 0 Å². The standard InChI is InChI=1S/C15H23NO/c1-3-16-15(14-7-8-17-11-14)10-13-6-4-5-12(2)9-13/h4-6,9,14-16H,3,7-8,10-11H2,1-2H3. The van der Waals surface area contributed by atoms with Gasteiger partial charge in [0.25, 0.3) is 0 Å². The Morgan fingerprint density at radius 2 is 2.35 bits per heavy atom. The van der Waals surface area contributed by atoms with E-state index < -0.39 is 0 Å². The summed E-state index contributed by atoms with van der Waals surface area (Å²) in [5.41, 5.74) is 2.78. The van der Waals surface area contributed by atoms with Crippen molar-refractivity contribution in [3.8, 4) is 0 Å². The summed E-state index contributed by atoms with van der Waals surface area (Å²) < 4.78 is 5.51. The van der Waals surface area contributed by atoms with Crippen molar-refractivity contribution < 1.29 is 4.74 Å². The number of hydrogen-bond donors (Lipinski definition) is 1. The lowest BCUT2D eigenvalue weighted by atomic mass is 9.92. The molecule has 1 aliphatic rings. The smallest absolute Gasteiger partial charge is 0.0510 e. The molecule has 0 spiro atoms. The van der Waals surface area contributed by atoms with Crippen molar-refractivity contribution in [2.45, 2.75) is 32.7 Å². The summed E-state index contributed by atoms with van der Waals surface area (Å²) in [7, 11) is 0. The molecule has 2 nitrogen and oxygen atoms in total. The Morgan fingerprint density at radius 1 is 1.47 bits per heavy atom. The van der Waals surface area contributed by atoms with Crippen LogP contribution in [0.4, 0.5) is 0 Å². The van der Waals surface area contributed by atoms with Crippen LogP contribution in [-0.4, -0.2) is 25.8 Å². The maximum absolute atomic E-state index is 5.51. The first-order chi connectivity index (χ1) is 8.29. The second kappa shape index (κ2) is 6.18. The summed E-state index contributed by atoms with van der Waals surface area (Å²) in [5, 5.41) is 3.61. The zero-order valence-corrected chi connectivity index (χ0v) is 10.9. The summed E-state index contributed by atoms with van der Waals surface area (Å²) in [6, 6.07) is 9.39. The topological polar surface area (TPSA) is 21.3 Å². The summed E-state index contributed by atoms with van der Waals surface area (Å²) in [6.07, 6.45) is 2.31. The molecule has 0 amide bonds. The first-order valence-electron chi connectivity index (χ1n) is 6.66. The van der Waals surface area contributed by atoms with Gasteiger partial charge in [0.15, 0.2) is 0 Å². The number of ether oxygens (including phenoxy) is 1. The number of hydrogen-bond acceptors (Lipinski definition) is 2. The fourth-order valence-corrected chi connectivity index (χ4v) is 2.63. The predicted molar refractivity (Wildman–Crippen MR) is 71.3 cm³/mol. The molecule has 0 radical (unpaired) electrons. The van der Waals surface area contributed by atoms with E-state index in [4.69, 9.17) is 4.74 Å². The molecule has 0 bridgehead atoms. The molecule has 2 heteroatoms. The van der Waals surface area contributed by atoms with E-state index in [2.05, 4.69) is 43.4 Å². The minimum atomic E-state index is 0.560. The Kier molecular flexibility index (Phi) is 4.57. The normalized spacial score (nSPS) is 21.6. The van der Waals surface area contributed by atoms with Crippen LogP contribution in [0.1, 0.15) is 24.5 Å². The van der Waals surface area contributed by atoms with Crippen molar-refractivity contribution >= 4 is 0 Å². The Morgan fingerprint density at radius 3 is 3.00 bits per heavy atom. The van der Waals surface area contributed by atoms with Gasteiger partial charge in [0, 0.05) is 18.6 Å². The largest absolute Gasteiger partial charge is 0.381 e. The molecule has 1 aromatic rings. The minimum Gasteiger partial charge on any atom is -0.381 e. The first-order valence-corrected chi connectivity index (χ1v) is 6.66.